The Morgan fingerprint density at radius 2 is 1.95 bits per heavy atom. The molecular formula is C17H19N3. The minimum Gasteiger partial charge on any atom is -0.345 e. The third-order valence-electron chi connectivity index (χ3n) is 3.64. The molecule has 102 valence electrons. The fourth-order valence-corrected chi connectivity index (χ4v) is 2.56. The van der Waals surface area contributed by atoms with Gasteiger partial charge in [0.15, 0.2) is 0 Å². The van der Waals surface area contributed by atoms with Gasteiger partial charge in [-0.25, -0.2) is 4.98 Å². The molecule has 0 bridgehead atoms. The Bertz CT molecular complexity index is 710. The molecule has 3 nitrogen and oxygen atoms in total. The number of imidazole rings is 1. The molecule has 0 saturated heterocycles. The largest absolute Gasteiger partial charge is 0.345 e. The standard InChI is InChI=1S/C17H19N3/c1-12(18-10-15-11-19-13(2)20-15)16-9-5-7-14-6-3-4-8-17(14)16/h3-9,11-12,18H,10H2,1-2H3,(H,19,20). The highest BCUT2D eigenvalue weighted by atomic mass is 15.0. The van der Waals surface area contributed by atoms with Gasteiger partial charge in [-0.3, -0.25) is 0 Å². The molecule has 2 N–H and O–H groups in total. The highest BCUT2D eigenvalue weighted by molar-refractivity contribution is 5.86. The van der Waals surface area contributed by atoms with Crippen molar-refractivity contribution in [3.63, 3.8) is 0 Å². The van der Waals surface area contributed by atoms with Crippen molar-refractivity contribution in [2.24, 2.45) is 0 Å². The van der Waals surface area contributed by atoms with Crippen LogP contribution in [0.1, 0.15) is 30.0 Å². The average molecular weight is 265 g/mol. The van der Waals surface area contributed by atoms with Crippen molar-refractivity contribution in [1.29, 1.82) is 0 Å². The summed E-state index contributed by atoms with van der Waals surface area (Å²) in [5.41, 5.74) is 2.45. The maximum Gasteiger partial charge on any atom is 0.103 e. The molecule has 20 heavy (non-hydrogen) atoms. The fraction of sp³-hybridized carbons (Fsp3) is 0.235. The van der Waals surface area contributed by atoms with Gasteiger partial charge >= 0.3 is 0 Å². The van der Waals surface area contributed by atoms with Gasteiger partial charge in [-0.05, 0) is 30.2 Å². The number of benzene rings is 2. The third-order valence-corrected chi connectivity index (χ3v) is 3.64. The summed E-state index contributed by atoms with van der Waals surface area (Å²) in [6.45, 7) is 4.97. The average Bonchev–Trinajstić information content (AvgIpc) is 2.90. The first-order valence-corrected chi connectivity index (χ1v) is 6.95. The van der Waals surface area contributed by atoms with Crippen molar-refractivity contribution >= 4 is 10.8 Å². The topological polar surface area (TPSA) is 40.7 Å². The Labute approximate surface area is 119 Å². The van der Waals surface area contributed by atoms with Crippen molar-refractivity contribution < 1.29 is 0 Å². The van der Waals surface area contributed by atoms with Crippen LogP contribution in [0.4, 0.5) is 0 Å². The quantitative estimate of drug-likeness (QED) is 0.754. The van der Waals surface area contributed by atoms with E-state index < -0.39 is 0 Å². The lowest BCUT2D eigenvalue weighted by molar-refractivity contribution is 0.572. The van der Waals surface area contributed by atoms with Gasteiger partial charge < -0.3 is 10.3 Å². The molecule has 1 aromatic heterocycles. The monoisotopic (exact) mass is 265 g/mol. The van der Waals surface area contributed by atoms with Gasteiger partial charge in [-0.1, -0.05) is 42.5 Å². The lowest BCUT2D eigenvalue weighted by atomic mass is 10.00. The van der Waals surface area contributed by atoms with Gasteiger partial charge in [0, 0.05) is 24.5 Å². The van der Waals surface area contributed by atoms with E-state index in [1.54, 1.807) is 0 Å². The number of nitrogens with zero attached hydrogens (tertiary/aromatic N) is 1. The van der Waals surface area contributed by atoms with Crippen LogP contribution < -0.4 is 5.32 Å². The molecule has 0 aliphatic rings. The predicted molar refractivity (Wildman–Crippen MR) is 82.5 cm³/mol. The van der Waals surface area contributed by atoms with Crippen LogP contribution in [0.3, 0.4) is 0 Å². The second kappa shape index (κ2) is 5.47. The SMILES string of the molecule is Cc1ncc(CNC(C)c2cccc3ccccc23)[nH]1. The van der Waals surface area contributed by atoms with E-state index in [9.17, 15) is 0 Å². The lowest BCUT2D eigenvalue weighted by Gasteiger charge is -2.16. The summed E-state index contributed by atoms with van der Waals surface area (Å²) in [7, 11) is 0. The number of H-pyrrole nitrogens is 1. The molecule has 1 atom stereocenters. The molecule has 0 aliphatic heterocycles. The van der Waals surface area contributed by atoms with Crippen LogP contribution in [0.15, 0.2) is 48.7 Å². The molecule has 0 aliphatic carbocycles. The molecule has 0 radical (unpaired) electrons. The lowest BCUT2D eigenvalue weighted by Crippen LogP contribution is -2.18. The molecule has 3 rings (SSSR count). The molecule has 0 fully saturated rings. The van der Waals surface area contributed by atoms with E-state index in [0.717, 1.165) is 18.1 Å². The smallest absolute Gasteiger partial charge is 0.103 e. The first-order chi connectivity index (χ1) is 9.74. The summed E-state index contributed by atoms with van der Waals surface area (Å²) in [6.07, 6.45) is 1.89. The molecule has 0 amide bonds. The van der Waals surface area contributed by atoms with Gasteiger partial charge in [0.25, 0.3) is 0 Å². The maximum atomic E-state index is 4.22. The number of hydrogen-bond acceptors (Lipinski definition) is 2. The highest BCUT2D eigenvalue weighted by Gasteiger charge is 2.09. The normalized spacial score (nSPS) is 12.7. The molecule has 3 heteroatoms. The third kappa shape index (κ3) is 2.58. The number of aryl methyl sites for hydroxylation is 1. The van der Waals surface area contributed by atoms with Gasteiger partial charge in [0.05, 0.1) is 0 Å². The molecule has 2 aromatic carbocycles. The van der Waals surface area contributed by atoms with Crippen LogP contribution in [0.5, 0.6) is 0 Å². The van der Waals surface area contributed by atoms with E-state index in [4.69, 9.17) is 0 Å². The molecule has 3 aromatic rings. The van der Waals surface area contributed by atoms with E-state index in [2.05, 4.69) is 64.7 Å². The number of aromatic amines is 1. The second-order valence-electron chi connectivity index (χ2n) is 5.16. The number of nitrogens with one attached hydrogen (secondary N) is 2. The summed E-state index contributed by atoms with van der Waals surface area (Å²) in [5, 5.41) is 6.15. The van der Waals surface area contributed by atoms with Gasteiger partial charge in [0.2, 0.25) is 0 Å². The summed E-state index contributed by atoms with van der Waals surface area (Å²) in [4.78, 5) is 7.47. The molecule has 0 spiro atoms. The minimum absolute atomic E-state index is 0.296. The van der Waals surface area contributed by atoms with Crippen LogP contribution >= 0.6 is 0 Å². The van der Waals surface area contributed by atoms with Crippen LogP contribution in [-0.4, -0.2) is 9.97 Å². The minimum atomic E-state index is 0.296. The summed E-state index contributed by atoms with van der Waals surface area (Å²) in [6, 6.07) is 15.3. The first kappa shape index (κ1) is 12.9. The first-order valence-electron chi connectivity index (χ1n) is 6.95. The van der Waals surface area contributed by atoms with Crippen LogP contribution in [-0.2, 0) is 6.54 Å². The molecular weight excluding hydrogens is 246 g/mol. The van der Waals surface area contributed by atoms with Crippen LogP contribution in [0.25, 0.3) is 10.8 Å². The Kier molecular flexibility index (Phi) is 3.52. The van der Waals surface area contributed by atoms with Crippen LogP contribution in [0.2, 0.25) is 0 Å². The number of hydrogen-bond donors (Lipinski definition) is 2. The zero-order valence-electron chi connectivity index (χ0n) is 11.9. The van der Waals surface area contributed by atoms with Crippen molar-refractivity contribution in [2.45, 2.75) is 26.4 Å². The van der Waals surface area contributed by atoms with E-state index in [1.165, 1.54) is 16.3 Å². The summed E-state index contributed by atoms with van der Waals surface area (Å²) < 4.78 is 0. The van der Waals surface area contributed by atoms with Crippen molar-refractivity contribution in [2.75, 3.05) is 0 Å². The molecule has 0 saturated carbocycles. The zero-order valence-corrected chi connectivity index (χ0v) is 11.9. The summed E-state index contributed by atoms with van der Waals surface area (Å²) >= 11 is 0. The van der Waals surface area contributed by atoms with E-state index in [-0.39, 0.29) is 0 Å². The predicted octanol–water partition coefficient (Wildman–Crippen LogP) is 3.72. The Balaban J connectivity index is 1.80. The number of fused-ring (bicyclic) bond motifs is 1. The van der Waals surface area contributed by atoms with Crippen molar-refractivity contribution in [3.8, 4) is 0 Å². The number of rotatable bonds is 4. The Morgan fingerprint density at radius 3 is 2.75 bits per heavy atom. The molecule has 1 heterocycles. The fourth-order valence-electron chi connectivity index (χ4n) is 2.56. The maximum absolute atomic E-state index is 4.22. The number of aromatic nitrogens is 2. The van der Waals surface area contributed by atoms with E-state index in [1.807, 2.05) is 13.1 Å². The Morgan fingerprint density at radius 1 is 1.15 bits per heavy atom. The van der Waals surface area contributed by atoms with Crippen molar-refractivity contribution in [1.82, 2.24) is 15.3 Å². The van der Waals surface area contributed by atoms with Crippen LogP contribution in [0, 0.1) is 6.92 Å². The van der Waals surface area contributed by atoms with Gasteiger partial charge in [-0.2, -0.15) is 0 Å². The van der Waals surface area contributed by atoms with Gasteiger partial charge in [-0.15, -0.1) is 0 Å². The zero-order chi connectivity index (χ0) is 13.9. The van der Waals surface area contributed by atoms with E-state index in [0.29, 0.717) is 6.04 Å². The second-order valence-corrected chi connectivity index (χ2v) is 5.16. The van der Waals surface area contributed by atoms with Gasteiger partial charge in [0.1, 0.15) is 5.82 Å². The highest BCUT2D eigenvalue weighted by Crippen LogP contribution is 2.24. The van der Waals surface area contributed by atoms with E-state index >= 15 is 0 Å². The molecule has 1 unspecified atom stereocenters. The van der Waals surface area contributed by atoms with Crippen molar-refractivity contribution in [3.05, 3.63) is 65.7 Å². The Hall–Kier alpha value is -2.13. The summed E-state index contributed by atoms with van der Waals surface area (Å²) in [5.74, 6) is 0.958.